The fraction of sp³-hybridized carbons (Fsp3) is 0.667. The molecule has 0 radical (unpaired) electrons. The predicted molar refractivity (Wildman–Crippen MR) is 89.9 cm³/mol. The molecule has 1 N–H and O–H groups in total. The molecular formula is C18H25NO2S. The molecule has 1 saturated carbocycles. The zero-order valence-corrected chi connectivity index (χ0v) is 14.1. The van der Waals surface area contributed by atoms with Gasteiger partial charge in [0, 0.05) is 30.5 Å². The first kappa shape index (κ1) is 16.0. The van der Waals surface area contributed by atoms with Crippen LogP contribution in [0.25, 0.3) is 0 Å². The molecule has 1 aliphatic carbocycles. The first-order valence-electron chi connectivity index (χ1n) is 8.19. The summed E-state index contributed by atoms with van der Waals surface area (Å²) in [5.74, 6) is 5.72. The maximum Gasteiger partial charge on any atom is 0.104 e. The van der Waals surface area contributed by atoms with Crippen LogP contribution < -0.4 is 0 Å². The van der Waals surface area contributed by atoms with Gasteiger partial charge in [-0.05, 0) is 44.4 Å². The van der Waals surface area contributed by atoms with Crippen LogP contribution in [0, 0.1) is 17.3 Å². The highest BCUT2D eigenvalue weighted by atomic mass is 32.1. The fourth-order valence-electron chi connectivity index (χ4n) is 4.21. The van der Waals surface area contributed by atoms with E-state index < -0.39 is 0 Å². The quantitative estimate of drug-likeness (QED) is 0.870. The molecule has 0 bridgehead atoms. The van der Waals surface area contributed by atoms with Crippen LogP contribution in [0.5, 0.6) is 0 Å². The second-order valence-electron chi connectivity index (χ2n) is 6.52. The Morgan fingerprint density at radius 2 is 2.27 bits per heavy atom. The Hall–Kier alpha value is -0.860. The van der Waals surface area contributed by atoms with Crippen molar-refractivity contribution in [2.24, 2.45) is 5.41 Å². The van der Waals surface area contributed by atoms with Crippen LogP contribution in [-0.2, 0) is 11.3 Å². The van der Waals surface area contributed by atoms with Crippen LogP contribution in [0.3, 0.4) is 0 Å². The Labute approximate surface area is 137 Å². The molecule has 1 spiro atoms. The maximum absolute atomic E-state index is 8.77. The third-order valence-electron chi connectivity index (χ3n) is 5.13. The van der Waals surface area contributed by atoms with E-state index in [9.17, 15) is 0 Å². The van der Waals surface area contributed by atoms with Crippen molar-refractivity contribution in [3.63, 3.8) is 0 Å². The summed E-state index contributed by atoms with van der Waals surface area (Å²) in [4.78, 5) is 5.01. The fourth-order valence-corrected chi connectivity index (χ4v) is 5.14. The van der Waals surface area contributed by atoms with Gasteiger partial charge in [-0.25, -0.2) is 0 Å². The average molecular weight is 319 g/mol. The number of ether oxygens (including phenoxy) is 1. The normalized spacial score (nSPS) is 28.7. The third kappa shape index (κ3) is 3.38. The Morgan fingerprint density at radius 3 is 3.09 bits per heavy atom. The van der Waals surface area contributed by atoms with Crippen LogP contribution in [0.1, 0.15) is 41.9 Å². The zero-order valence-electron chi connectivity index (χ0n) is 13.3. The van der Waals surface area contributed by atoms with Crippen molar-refractivity contribution in [1.82, 2.24) is 4.90 Å². The van der Waals surface area contributed by atoms with Crippen LogP contribution in [0.2, 0.25) is 0 Å². The van der Waals surface area contributed by atoms with Crippen molar-refractivity contribution in [2.75, 3.05) is 26.8 Å². The van der Waals surface area contributed by atoms with Crippen molar-refractivity contribution in [3.05, 3.63) is 21.9 Å². The Morgan fingerprint density at radius 1 is 1.41 bits per heavy atom. The molecule has 2 aliphatic rings. The van der Waals surface area contributed by atoms with Gasteiger partial charge in [0.1, 0.15) is 6.61 Å². The number of methoxy groups -OCH3 is 1. The SMILES string of the molecule is CO[C@@H]1CCC[C@@]12CCCN(Cc1ccc(C#CCO)s1)C2. The van der Waals surface area contributed by atoms with Crippen molar-refractivity contribution in [2.45, 2.75) is 44.8 Å². The largest absolute Gasteiger partial charge is 0.384 e. The molecule has 22 heavy (non-hydrogen) atoms. The molecular weight excluding hydrogens is 294 g/mol. The minimum Gasteiger partial charge on any atom is -0.384 e. The molecule has 0 amide bonds. The molecule has 2 heterocycles. The van der Waals surface area contributed by atoms with Gasteiger partial charge in [-0.15, -0.1) is 11.3 Å². The van der Waals surface area contributed by atoms with E-state index in [2.05, 4.69) is 28.9 Å². The van der Waals surface area contributed by atoms with E-state index in [1.807, 2.05) is 7.11 Å². The number of aliphatic hydroxyl groups is 1. The Balaban J connectivity index is 1.64. The van der Waals surface area contributed by atoms with E-state index in [1.54, 1.807) is 11.3 Å². The second-order valence-corrected chi connectivity index (χ2v) is 7.69. The lowest BCUT2D eigenvalue weighted by Crippen LogP contribution is -2.47. The van der Waals surface area contributed by atoms with Crippen molar-refractivity contribution in [3.8, 4) is 11.8 Å². The van der Waals surface area contributed by atoms with Crippen molar-refractivity contribution >= 4 is 11.3 Å². The molecule has 120 valence electrons. The van der Waals surface area contributed by atoms with Gasteiger partial charge >= 0.3 is 0 Å². The monoisotopic (exact) mass is 319 g/mol. The van der Waals surface area contributed by atoms with Crippen LogP contribution in [0.4, 0.5) is 0 Å². The molecule has 1 aromatic heterocycles. The summed E-state index contributed by atoms with van der Waals surface area (Å²) in [6, 6.07) is 4.24. The van der Waals surface area contributed by atoms with Gasteiger partial charge in [0.2, 0.25) is 0 Å². The first-order chi connectivity index (χ1) is 10.8. The summed E-state index contributed by atoms with van der Waals surface area (Å²) in [5.41, 5.74) is 0.393. The van der Waals surface area contributed by atoms with Gasteiger partial charge in [-0.1, -0.05) is 18.3 Å². The minimum atomic E-state index is -0.0692. The molecule has 4 heteroatoms. The van der Waals surface area contributed by atoms with Gasteiger partial charge in [0.15, 0.2) is 0 Å². The second kappa shape index (κ2) is 7.14. The number of thiophene rings is 1. The smallest absolute Gasteiger partial charge is 0.104 e. The number of piperidine rings is 1. The number of likely N-dealkylation sites (tertiary alicyclic amines) is 1. The zero-order chi connectivity index (χ0) is 15.4. The average Bonchev–Trinajstić information content (AvgIpc) is 3.12. The van der Waals surface area contributed by atoms with Crippen LogP contribution >= 0.6 is 11.3 Å². The molecule has 0 unspecified atom stereocenters. The van der Waals surface area contributed by atoms with Gasteiger partial charge in [0.05, 0.1) is 11.0 Å². The lowest BCUT2D eigenvalue weighted by Gasteiger charge is -2.43. The Kier molecular flexibility index (Phi) is 5.20. The highest BCUT2D eigenvalue weighted by molar-refractivity contribution is 7.12. The molecule has 0 aromatic carbocycles. The van der Waals surface area contributed by atoms with Gasteiger partial charge in [-0.3, -0.25) is 4.90 Å². The summed E-state index contributed by atoms with van der Waals surface area (Å²) in [6.45, 7) is 3.30. The van der Waals surface area contributed by atoms with E-state index in [0.717, 1.165) is 11.4 Å². The molecule has 1 saturated heterocycles. The summed E-state index contributed by atoms with van der Waals surface area (Å²) < 4.78 is 5.79. The number of hydrogen-bond donors (Lipinski definition) is 1. The summed E-state index contributed by atoms with van der Waals surface area (Å²) >= 11 is 1.75. The van der Waals surface area contributed by atoms with Crippen LogP contribution in [-0.4, -0.2) is 42.9 Å². The standard InChI is InChI=1S/C18H25NO2S/c1-21-17-6-2-9-18(17)10-4-11-19(14-18)13-16-8-7-15(22-16)5-3-12-20/h7-8,17,20H,2,4,6,9-14H2,1H3/t17-,18+/m1/s1. The van der Waals surface area contributed by atoms with E-state index in [0.29, 0.717) is 11.5 Å². The highest BCUT2D eigenvalue weighted by Gasteiger charge is 2.45. The lowest BCUT2D eigenvalue weighted by molar-refractivity contribution is -0.0364. The third-order valence-corrected chi connectivity index (χ3v) is 6.11. The van der Waals surface area contributed by atoms with Gasteiger partial charge < -0.3 is 9.84 Å². The number of rotatable bonds is 3. The van der Waals surface area contributed by atoms with Crippen molar-refractivity contribution in [1.29, 1.82) is 0 Å². The Bertz CT molecular complexity index is 559. The van der Waals surface area contributed by atoms with E-state index in [1.165, 1.54) is 50.1 Å². The van der Waals surface area contributed by atoms with E-state index in [-0.39, 0.29) is 6.61 Å². The number of nitrogens with zero attached hydrogens (tertiary/aromatic N) is 1. The summed E-state index contributed by atoms with van der Waals surface area (Å²) in [7, 11) is 1.88. The molecule has 3 nitrogen and oxygen atoms in total. The summed E-state index contributed by atoms with van der Waals surface area (Å²) in [5, 5.41) is 8.77. The number of hydrogen-bond acceptors (Lipinski definition) is 4. The highest BCUT2D eigenvalue weighted by Crippen LogP contribution is 2.46. The lowest BCUT2D eigenvalue weighted by atomic mass is 9.76. The van der Waals surface area contributed by atoms with Gasteiger partial charge in [-0.2, -0.15) is 0 Å². The summed E-state index contributed by atoms with van der Waals surface area (Å²) in [6.07, 6.45) is 6.91. The van der Waals surface area contributed by atoms with Crippen LogP contribution in [0.15, 0.2) is 12.1 Å². The first-order valence-corrected chi connectivity index (χ1v) is 9.01. The molecule has 2 atom stereocenters. The number of aliphatic hydroxyl groups excluding tert-OH is 1. The minimum absolute atomic E-state index is 0.0692. The molecule has 2 fully saturated rings. The van der Waals surface area contributed by atoms with Gasteiger partial charge in [0.25, 0.3) is 0 Å². The van der Waals surface area contributed by atoms with Crippen molar-refractivity contribution < 1.29 is 9.84 Å². The predicted octanol–water partition coefficient (Wildman–Crippen LogP) is 2.87. The molecule has 1 aromatic rings. The topological polar surface area (TPSA) is 32.7 Å². The van der Waals surface area contributed by atoms with E-state index in [4.69, 9.17) is 9.84 Å². The van der Waals surface area contributed by atoms with E-state index >= 15 is 0 Å². The molecule has 3 rings (SSSR count). The maximum atomic E-state index is 8.77. The molecule has 1 aliphatic heterocycles.